The van der Waals surface area contributed by atoms with Gasteiger partial charge >= 0.3 is 0 Å². The van der Waals surface area contributed by atoms with E-state index in [1.165, 1.54) is 11.8 Å². The van der Waals surface area contributed by atoms with Crippen LogP contribution in [0.5, 0.6) is 0 Å². The molecule has 0 aliphatic heterocycles. The zero-order valence-corrected chi connectivity index (χ0v) is 18.8. The summed E-state index contributed by atoms with van der Waals surface area (Å²) in [5, 5.41) is 14.7. The van der Waals surface area contributed by atoms with Gasteiger partial charge in [0.1, 0.15) is 0 Å². The maximum Gasteiger partial charge on any atom is 0.262 e. The molecule has 0 aliphatic rings. The first kappa shape index (κ1) is 20.7. The molecular weight excluding hydrogens is 448 g/mol. The van der Waals surface area contributed by atoms with Crippen LogP contribution in [0.25, 0.3) is 28.1 Å². The van der Waals surface area contributed by atoms with Crippen molar-refractivity contribution in [1.82, 2.24) is 29.3 Å². The van der Waals surface area contributed by atoms with Crippen LogP contribution in [-0.2, 0) is 12.3 Å². The summed E-state index contributed by atoms with van der Waals surface area (Å²) in [5.41, 5.74) is 1.56. The molecule has 0 saturated heterocycles. The lowest BCUT2D eigenvalue weighted by Crippen LogP contribution is -2.23. The summed E-state index contributed by atoms with van der Waals surface area (Å²) in [4.78, 5) is 17.5. The molecule has 0 bridgehead atoms. The predicted octanol–water partition coefficient (Wildman–Crippen LogP) is 4.84. The number of thioether (sulfide) groups is 1. The molecule has 0 fully saturated rings. The van der Waals surface area contributed by atoms with Crippen LogP contribution in [0.3, 0.4) is 0 Å². The van der Waals surface area contributed by atoms with Crippen LogP contribution in [0.15, 0.2) is 63.0 Å². The van der Waals surface area contributed by atoms with E-state index in [0.717, 1.165) is 23.9 Å². The lowest BCUT2D eigenvalue weighted by molar-refractivity contribution is 0.391. The summed E-state index contributed by atoms with van der Waals surface area (Å²) in [5.74, 6) is 1.93. The summed E-state index contributed by atoms with van der Waals surface area (Å²) in [6, 6.07) is 14.8. The van der Waals surface area contributed by atoms with E-state index in [-0.39, 0.29) is 5.56 Å². The zero-order valence-electron chi connectivity index (χ0n) is 17.2. The highest BCUT2D eigenvalue weighted by Gasteiger charge is 2.18. The monoisotopic (exact) mass is 466 g/mol. The molecule has 0 N–H and O–H groups in total. The maximum absolute atomic E-state index is 13.0. The van der Waals surface area contributed by atoms with Crippen LogP contribution in [0.2, 0.25) is 5.02 Å². The summed E-state index contributed by atoms with van der Waals surface area (Å²) in [7, 11) is 0. The van der Waals surface area contributed by atoms with Gasteiger partial charge in [0.15, 0.2) is 5.16 Å². The number of benzene rings is 2. The molecule has 8 nitrogen and oxygen atoms in total. The highest BCUT2D eigenvalue weighted by Crippen LogP contribution is 2.26. The van der Waals surface area contributed by atoms with Crippen LogP contribution in [0.1, 0.15) is 25.7 Å². The molecule has 162 valence electrons. The standard InChI is InChI=1S/C22H19ClN6O2S/c1-2-3-12-28-20(30)16-6-4-5-7-17(16)29-21(28)25-26-22(29)32-13-18-24-19(27-31-18)14-8-10-15(23)11-9-14/h4-11H,2-3,12-13H2,1H3. The van der Waals surface area contributed by atoms with Crippen molar-refractivity contribution >= 4 is 40.0 Å². The lowest BCUT2D eigenvalue weighted by atomic mass is 10.2. The summed E-state index contributed by atoms with van der Waals surface area (Å²) in [6.07, 6.45) is 1.87. The fourth-order valence-electron chi connectivity index (χ4n) is 3.50. The van der Waals surface area contributed by atoms with Gasteiger partial charge in [-0.3, -0.25) is 13.8 Å². The Labute approximate surface area is 192 Å². The number of nitrogens with zero attached hydrogens (tertiary/aromatic N) is 6. The first-order valence-electron chi connectivity index (χ1n) is 10.2. The number of hydrogen-bond acceptors (Lipinski definition) is 7. The molecule has 3 heterocycles. The fraction of sp³-hybridized carbons (Fsp3) is 0.227. The van der Waals surface area contributed by atoms with Crippen LogP contribution < -0.4 is 5.56 Å². The fourth-order valence-corrected chi connectivity index (χ4v) is 4.40. The Hall–Kier alpha value is -3.17. The first-order chi connectivity index (χ1) is 15.7. The minimum absolute atomic E-state index is 0.0463. The molecule has 10 heteroatoms. The van der Waals surface area contributed by atoms with Crippen molar-refractivity contribution in [1.29, 1.82) is 0 Å². The van der Waals surface area contributed by atoms with Gasteiger partial charge in [0.05, 0.1) is 16.7 Å². The zero-order chi connectivity index (χ0) is 22.1. The normalized spacial score (nSPS) is 11.6. The molecule has 32 heavy (non-hydrogen) atoms. The Kier molecular flexibility index (Phi) is 5.67. The van der Waals surface area contributed by atoms with Gasteiger partial charge < -0.3 is 4.52 Å². The third-order valence-corrected chi connectivity index (χ3v) is 6.27. The topological polar surface area (TPSA) is 91.1 Å². The smallest absolute Gasteiger partial charge is 0.262 e. The van der Waals surface area contributed by atoms with Gasteiger partial charge in [-0.2, -0.15) is 4.98 Å². The second-order valence-corrected chi connectivity index (χ2v) is 8.63. The molecule has 0 amide bonds. The molecule has 0 atom stereocenters. The third-order valence-electron chi connectivity index (χ3n) is 5.11. The summed E-state index contributed by atoms with van der Waals surface area (Å²) < 4.78 is 9.04. The average Bonchev–Trinajstić information content (AvgIpc) is 3.46. The van der Waals surface area contributed by atoms with E-state index in [9.17, 15) is 4.79 Å². The highest BCUT2D eigenvalue weighted by atomic mass is 35.5. The molecule has 5 aromatic rings. The summed E-state index contributed by atoms with van der Waals surface area (Å²) in [6.45, 7) is 2.69. The number of halogens is 1. The van der Waals surface area contributed by atoms with Crippen LogP contribution in [0.4, 0.5) is 0 Å². The van der Waals surface area contributed by atoms with E-state index >= 15 is 0 Å². The Morgan fingerprint density at radius 3 is 2.72 bits per heavy atom. The van der Waals surface area contributed by atoms with Gasteiger partial charge in [-0.15, -0.1) is 10.2 Å². The van der Waals surface area contributed by atoms with Crippen molar-refractivity contribution in [3.05, 3.63) is 69.8 Å². The largest absolute Gasteiger partial charge is 0.338 e. The molecule has 0 saturated carbocycles. The van der Waals surface area contributed by atoms with Crippen molar-refractivity contribution in [2.75, 3.05) is 0 Å². The van der Waals surface area contributed by atoms with Gasteiger partial charge in [0.25, 0.3) is 5.56 Å². The van der Waals surface area contributed by atoms with Crippen LogP contribution >= 0.6 is 23.4 Å². The number of fused-ring (bicyclic) bond motifs is 3. The van der Waals surface area contributed by atoms with Crippen LogP contribution in [-0.4, -0.2) is 29.3 Å². The van der Waals surface area contributed by atoms with Gasteiger partial charge in [-0.1, -0.05) is 54.0 Å². The number of aromatic nitrogens is 6. The molecule has 0 spiro atoms. The van der Waals surface area contributed by atoms with Crippen molar-refractivity contribution in [2.24, 2.45) is 0 Å². The summed E-state index contributed by atoms with van der Waals surface area (Å²) >= 11 is 7.38. The predicted molar refractivity (Wildman–Crippen MR) is 124 cm³/mol. The molecule has 5 rings (SSSR count). The van der Waals surface area contributed by atoms with E-state index in [4.69, 9.17) is 16.1 Å². The number of hydrogen-bond donors (Lipinski definition) is 0. The van der Waals surface area contributed by atoms with E-state index in [1.54, 1.807) is 16.7 Å². The maximum atomic E-state index is 13.0. The second-order valence-electron chi connectivity index (χ2n) is 7.25. The van der Waals surface area contributed by atoms with E-state index in [2.05, 4.69) is 27.3 Å². The third kappa shape index (κ3) is 3.78. The highest BCUT2D eigenvalue weighted by molar-refractivity contribution is 7.98. The molecule has 2 aromatic carbocycles. The first-order valence-corrected chi connectivity index (χ1v) is 11.6. The van der Waals surface area contributed by atoms with E-state index < -0.39 is 0 Å². The Morgan fingerprint density at radius 2 is 1.91 bits per heavy atom. The Balaban J connectivity index is 1.48. The van der Waals surface area contributed by atoms with Crippen molar-refractivity contribution in [2.45, 2.75) is 37.2 Å². The minimum Gasteiger partial charge on any atom is -0.338 e. The van der Waals surface area contributed by atoms with Gasteiger partial charge in [0.2, 0.25) is 17.5 Å². The number of aryl methyl sites for hydroxylation is 1. The average molecular weight is 467 g/mol. The van der Waals surface area contributed by atoms with Crippen molar-refractivity contribution in [3.8, 4) is 11.4 Å². The molecule has 0 radical (unpaired) electrons. The number of rotatable bonds is 7. The minimum atomic E-state index is -0.0463. The molecule has 0 unspecified atom stereocenters. The van der Waals surface area contributed by atoms with Crippen molar-refractivity contribution < 1.29 is 4.52 Å². The number of unbranched alkanes of at least 4 members (excludes halogenated alkanes) is 1. The van der Waals surface area contributed by atoms with E-state index in [1.807, 2.05) is 40.8 Å². The SMILES string of the molecule is CCCCn1c(=O)c2ccccc2n2c(SCc3nc(-c4ccc(Cl)cc4)no3)nnc12. The lowest BCUT2D eigenvalue weighted by Gasteiger charge is -2.10. The quantitative estimate of drug-likeness (QED) is 0.317. The van der Waals surface area contributed by atoms with Gasteiger partial charge in [0, 0.05) is 17.1 Å². The molecular formula is C22H19ClN6O2S. The van der Waals surface area contributed by atoms with Crippen LogP contribution in [0, 0.1) is 0 Å². The van der Waals surface area contributed by atoms with E-state index in [0.29, 0.717) is 45.4 Å². The van der Waals surface area contributed by atoms with Crippen molar-refractivity contribution in [3.63, 3.8) is 0 Å². The Morgan fingerprint density at radius 1 is 1.09 bits per heavy atom. The van der Waals surface area contributed by atoms with Gasteiger partial charge in [-0.25, -0.2) is 0 Å². The number of para-hydroxylation sites is 1. The molecule has 0 aliphatic carbocycles. The van der Waals surface area contributed by atoms with Gasteiger partial charge in [-0.05, 0) is 42.8 Å². The Bertz CT molecular complexity index is 1460. The molecule has 3 aromatic heterocycles. The second kappa shape index (κ2) is 8.76.